The van der Waals surface area contributed by atoms with Gasteiger partial charge in [0.1, 0.15) is 5.69 Å². The van der Waals surface area contributed by atoms with Gasteiger partial charge in [0.05, 0.1) is 0 Å². The zero-order valence-electron chi connectivity index (χ0n) is 18.2. The number of benzene rings is 1. The van der Waals surface area contributed by atoms with Gasteiger partial charge in [0.15, 0.2) is 0 Å². The molecule has 168 valence electrons. The van der Waals surface area contributed by atoms with Gasteiger partial charge in [0, 0.05) is 68.1 Å². The molecule has 1 N–H and O–H groups in total. The van der Waals surface area contributed by atoms with Crippen molar-refractivity contribution in [3.63, 3.8) is 0 Å². The van der Waals surface area contributed by atoms with Gasteiger partial charge in [-0.25, -0.2) is 8.78 Å². The number of halogens is 2. The molecule has 1 aromatic heterocycles. The molecule has 0 saturated carbocycles. The Hall–Kier alpha value is -2.48. The van der Waals surface area contributed by atoms with Crippen LogP contribution in [0, 0.1) is 0 Å². The minimum Gasteiger partial charge on any atom is -0.337 e. The number of nitrogens with one attached hydrogen (secondary N) is 1. The van der Waals surface area contributed by atoms with Crippen molar-refractivity contribution >= 4 is 22.7 Å². The first kappa shape index (κ1) is 21.7. The van der Waals surface area contributed by atoms with Crippen LogP contribution in [0.25, 0.3) is 10.9 Å². The first-order valence-electron chi connectivity index (χ1n) is 11.1. The van der Waals surface area contributed by atoms with Crippen LogP contribution in [0.1, 0.15) is 60.0 Å². The average molecular weight is 433 g/mol. The van der Waals surface area contributed by atoms with Gasteiger partial charge in [-0.1, -0.05) is 0 Å². The molecular formula is C23H30F2N4O2. The molecule has 0 radical (unpaired) electrons. The van der Waals surface area contributed by atoms with Crippen molar-refractivity contribution in [1.82, 2.24) is 19.7 Å². The van der Waals surface area contributed by atoms with E-state index in [9.17, 15) is 18.4 Å². The predicted molar refractivity (Wildman–Crippen MR) is 116 cm³/mol. The molecule has 2 amide bonds. The minimum absolute atomic E-state index is 0.00552. The van der Waals surface area contributed by atoms with Crippen LogP contribution in [0.2, 0.25) is 0 Å². The van der Waals surface area contributed by atoms with Crippen molar-refractivity contribution in [1.29, 1.82) is 0 Å². The zero-order valence-corrected chi connectivity index (χ0v) is 18.2. The van der Waals surface area contributed by atoms with Gasteiger partial charge in [-0.2, -0.15) is 0 Å². The molecule has 0 bridgehead atoms. The number of hydrogen-bond acceptors (Lipinski definition) is 3. The summed E-state index contributed by atoms with van der Waals surface area (Å²) in [6.45, 7) is 7.18. The molecule has 31 heavy (non-hydrogen) atoms. The maximum absolute atomic E-state index is 13.5. The smallest absolute Gasteiger partial charge is 0.270 e. The molecule has 2 saturated heterocycles. The molecular weight excluding hydrogens is 402 g/mol. The van der Waals surface area contributed by atoms with Crippen LogP contribution >= 0.6 is 0 Å². The van der Waals surface area contributed by atoms with Crippen LogP contribution in [0.5, 0.6) is 0 Å². The summed E-state index contributed by atoms with van der Waals surface area (Å²) in [6.07, 6.45) is 0.319. The van der Waals surface area contributed by atoms with Gasteiger partial charge < -0.3 is 19.7 Å². The Kier molecular flexibility index (Phi) is 6.01. The second-order valence-corrected chi connectivity index (χ2v) is 8.81. The molecule has 2 aliphatic heterocycles. The van der Waals surface area contributed by atoms with Crippen LogP contribution in [0.3, 0.4) is 0 Å². The lowest BCUT2D eigenvalue weighted by Crippen LogP contribution is -2.43. The van der Waals surface area contributed by atoms with E-state index >= 15 is 0 Å². The summed E-state index contributed by atoms with van der Waals surface area (Å²) in [5.41, 5.74) is 1.96. The molecule has 2 aromatic rings. The third-order valence-electron chi connectivity index (χ3n) is 6.23. The van der Waals surface area contributed by atoms with Gasteiger partial charge in [-0.15, -0.1) is 0 Å². The van der Waals surface area contributed by atoms with Crippen molar-refractivity contribution in [3.05, 3.63) is 35.5 Å². The van der Waals surface area contributed by atoms with E-state index in [1.165, 1.54) is 4.90 Å². The third kappa shape index (κ3) is 4.44. The van der Waals surface area contributed by atoms with Crippen molar-refractivity contribution in [2.75, 3.05) is 39.3 Å². The molecule has 2 fully saturated rings. The summed E-state index contributed by atoms with van der Waals surface area (Å²) in [4.78, 5) is 29.6. The quantitative estimate of drug-likeness (QED) is 0.807. The Labute approximate surface area is 181 Å². The molecule has 4 rings (SSSR count). The van der Waals surface area contributed by atoms with E-state index in [0.717, 1.165) is 37.0 Å². The summed E-state index contributed by atoms with van der Waals surface area (Å²) in [5, 5.41) is 4.12. The topological polar surface area (TPSA) is 57.6 Å². The van der Waals surface area contributed by atoms with Crippen molar-refractivity contribution in [2.45, 2.75) is 45.1 Å². The van der Waals surface area contributed by atoms with Crippen LogP contribution < -0.4 is 5.32 Å². The van der Waals surface area contributed by atoms with Crippen LogP contribution in [-0.4, -0.2) is 71.4 Å². The lowest BCUT2D eigenvalue weighted by atomic mass is 10.1. The Bertz CT molecular complexity index is 967. The number of rotatable bonds is 3. The van der Waals surface area contributed by atoms with E-state index in [1.807, 2.05) is 41.5 Å². The molecule has 1 aromatic carbocycles. The van der Waals surface area contributed by atoms with Gasteiger partial charge in [-0.05, 0) is 51.1 Å². The highest BCUT2D eigenvalue weighted by Crippen LogP contribution is 2.31. The van der Waals surface area contributed by atoms with E-state index in [0.29, 0.717) is 17.8 Å². The van der Waals surface area contributed by atoms with Crippen LogP contribution in [0.4, 0.5) is 8.78 Å². The molecule has 0 aliphatic carbocycles. The summed E-state index contributed by atoms with van der Waals surface area (Å²) >= 11 is 0. The van der Waals surface area contributed by atoms with Gasteiger partial charge in [0.25, 0.3) is 17.7 Å². The van der Waals surface area contributed by atoms with E-state index in [2.05, 4.69) is 5.32 Å². The highest BCUT2D eigenvalue weighted by atomic mass is 19.3. The molecule has 0 spiro atoms. The number of alkyl halides is 2. The second kappa shape index (κ2) is 8.57. The SMILES string of the molecule is CC(C)n1c(C(=O)N2CCC(F)(F)CC2)cc2cc(C(=O)N3CCCNCC3)ccc21. The molecule has 3 heterocycles. The number of carbonyl (C=O) groups excluding carboxylic acids is 2. The molecule has 0 atom stereocenters. The number of carbonyl (C=O) groups is 2. The number of nitrogens with zero attached hydrogens (tertiary/aromatic N) is 3. The van der Waals surface area contributed by atoms with Crippen molar-refractivity contribution in [3.8, 4) is 0 Å². The maximum atomic E-state index is 13.5. The largest absolute Gasteiger partial charge is 0.337 e. The number of amides is 2. The van der Waals surface area contributed by atoms with Gasteiger partial charge in [-0.3, -0.25) is 9.59 Å². The lowest BCUT2D eigenvalue weighted by Gasteiger charge is -2.32. The summed E-state index contributed by atoms with van der Waals surface area (Å²) in [6, 6.07) is 7.36. The maximum Gasteiger partial charge on any atom is 0.270 e. The van der Waals surface area contributed by atoms with E-state index < -0.39 is 5.92 Å². The Morgan fingerprint density at radius 1 is 0.968 bits per heavy atom. The van der Waals surface area contributed by atoms with Crippen LogP contribution in [0.15, 0.2) is 24.3 Å². The average Bonchev–Trinajstić information content (AvgIpc) is 2.91. The van der Waals surface area contributed by atoms with E-state index in [4.69, 9.17) is 0 Å². The lowest BCUT2D eigenvalue weighted by molar-refractivity contribution is -0.0495. The predicted octanol–water partition coefficient (Wildman–Crippen LogP) is 3.53. The number of hydrogen-bond donors (Lipinski definition) is 1. The zero-order chi connectivity index (χ0) is 22.2. The standard InChI is InChI=1S/C23H30F2N4O2/c1-16(2)29-19-5-4-17(21(30)27-10-3-8-26-9-13-27)14-18(19)15-20(29)22(31)28-11-6-23(24,25)7-12-28/h4-5,14-16,26H,3,6-13H2,1-2H3. The highest BCUT2D eigenvalue weighted by Gasteiger charge is 2.36. The fraction of sp³-hybridized carbons (Fsp3) is 0.565. The van der Waals surface area contributed by atoms with Crippen molar-refractivity contribution < 1.29 is 18.4 Å². The number of piperidine rings is 1. The molecule has 6 nitrogen and oxygen atoms in total. The molecule has 2 aliphatic rings. The summed E-state index contributed by atoms with van der Waals surface area (Å²) < 4.78 is 29.0. The van der Waals surface area contributed by atoms with Gasteiger partial charge >= 0.3 is 0 Å². The van der Waals surface area contributed by atoms with Gasteiger partial charge in [0.2, 0.25) is 0 Å². The first-order valence-corrected chi connectivity index (χ1v) is 11.1. The monoisotopic (exact) mass is 432 g/mol. The van der Waals surface area contributed by atoms with Crippen molar-refractivity contribution in [2.24, 2.45) is 0 Å². The molecule has 8 heteroatoms. The number of likely N-dealkylation sites (tertiary alicyclic amines) is 1. The summed E-state index contributed by atoms with van der Waals surface area (Å²) in [7, 11) is 0. The minimum atomic E-state index is -2.69. The molecule has 0 unspecified atom stereocenters. The highest BCUT2D eigenvalue weighted by molar-refractivity contribution is 6.02. The Morgan fingerprint density at radius 3 is 2.39 bits per heavy atom. The first-order chi connectivity index (χ1) is 14.8. The Balaban J connectivity index is 1.64. The normalized spacial score (nSPS) is 19.6. The van der Waals surface area contributed by atoms with E-state index in [1.54, 1.807) is 6.07 Å². The number of aromatic nitrogens is 1. The van der Waals surface area contributed by atoms with E-state index in [-0.39, 0.29) is 43.8 Å². The second-order valence-electron chi connectivity index (χ2n) is 8.81. The fourth-order valence-electron chi connectivity index (χ4n) is 4.52. The Morgan fingerprint density at radius 2 is 1.68 bits per heavy atom. The summed E-state index contributed by atoms with van der Waals surface area (Å²) in [5.74, 6) is -2.93. The third-order valence-corrected chi connectivity index (χ3v) is 6.23. The fourth-order valence-corrected chi connectivity index (χ4v) is 4.52. The van der Waals surface area contributed by atoms with Crippen LogP contribution in [-0.2, 0) is 0 Å². The number of fused-ring (bicyclic) bond motifs is 1.